The minimum Gasteiger partial charge on any atom is -0.396 e. The normalized spacial score (nSPS) is 39.4. The molecule has 0 radical (unpaired) electrons. The molecule has 2 aliphatic rings. The van der Waals surface area contributed by atoms with Gasteiger partial charge in [-0.05, 0) is 42.9 Å². The van der Waals surface area contributed by atoms with Gasteiger partial charge in [-0.3, -0.25) is 0 Å². The molecule has 2 fully saturated rings. The molecule has 0 spiro atoms. The Kier molecular flexibility index (Phi) is 2.50. The lowest BCUT2D eigenvalue weighted by molar-refractivity contribution is -0.195. The van der Waals surface area contributed by atoms with E-state index in [4.69, 9.17) is 0 Å². The quantitative estimate of drug-likeness (QED) is 0.760. The van der Waals surface area contributed by atoms with Gasteiger partial charge in [-0.15, -0.1) is 0 Å². The molecule has 2 nitrogen and oxygen atoms in total. The van der Waals surface area contributed by atoms with Crippen molar-refractivity contribution in [3.05, 3.63) is 0 Å². The average molecular weight is 226 g/mol. The predicted octanol–water partition coefficient (Wildman–Crippen LogP) is 2.73. The van der Waals surface area contributed by atoms with E-state index in [1.54, 1.807) is 0 Å². The molecule has 2 rings (SSSR count). The summed E-state index contributed by atoms with van der Waals surface area (Å²) in [6.45, 7) is 9.04. The predicted molar refractivity (Wildman–Crippen MR) is 65.1 cm³/mol. The van der Waals surface area contributed by atoms with Gasteiger partial charge in [0.05, 0.1) is 12.2 Å². The van der Waals surface area contributed by atoms with E-state index in [-0.39, 0.29) is 17.4 Å². The Morgan fingerprint density at radius 1 is 0.875 bits per heavy atom. The Morgan fingerprint density at radius 3 is 1.75 bits per heavy atom. The second-order valence-corrected chi connectivity index (χ2v) is 7.83. The summed E-state index contributed by atoms with van der Waals surface area (Å²) in [4.78, 5) is 0. The summed E-state index contributed by atoms with van der Waals surface area (Å²) < 4.78 is 0. The van der Waals surface area contributed by atoms with E-state index in [0.717, 1.165) is 32.1 Å². The maximum atomic E-state index is 10.9. The van der Waals surface area contributed by atoms with Gasteiger partial charge < -0.3 is 10.2 Å². The van der Waals surface area contributed by atoms with E-state index in [1.165, 1.54) is 0 Å². The van der Waals surface area contributed by atoms with Crippen molar-refractivity contribution in [3.63, 3.8) is 0 Å². The standard InChI is InChI=1S/C14H26O2/c1-11(2)5-6-14(16,9-11)13(10-15)7-12(3,4)8-13/h15-16H,5-10H2,1-4H3. The lowest BCUT2D eigenvalue weighted by Gasteiger charge is -2.59. The zero-order chi connectivity index (χ0) is 12.2. The fourth-order valence-corrected chi connectivity index (χ4v) is 4.33. The van der Waals surface area contributed by atoms with Crippen LogP contribution in [0.2, 0.25) is 0 Å². The second-order valence-electron chi connectivity index (χ2n) is 7.83. The Bertz CT molecular complexity index is 285. The van der Waals surface area contributed by atoms with Gasteiger partial charge in [-0.1, -0.05) is 27.7 Å². The SMILES string of the molecule is CC1(C)CCC(O)(C2(CO)CC(C)(C)C2)C1. The van der Waals surface area contributed by atoms with Gasteiger partial charge in [-0.25, -0.2) is 0 Å². The van der Waals surface area contributed by atoms with Crippen molar-refractivity contribution in [1.29, 1.82) is 0 Å². The van der Waals surface area contributed by atoms with Crippen molar-refractivity contribution in [2.24, 2.45) is 16.2 Å². The molecule has 1 atom stereocenters. The van der Waals surface area contributed by atoms with Crippen molar-refractivity contribution in [1.82, 2.24) is 0 Å². The average Bonchev–Trinajstić information content (AvgIpc) is 2.37. The monoisotopic (exact) mass is 226 g/mol. The molecule has 2 heteroatoms. The summed E-state index contributed by atoms with van der Waals surface area (Å²) in [5.74, 6) is 0. The van der Waals surface area contributed by atoms with Crippen LogP contribution in [0, 0.1) is 16.2 Å². The van der Waals surface area contributed by atoms with E-state index in [9.17, 15) is 10.2 Å². The first kappa shape index (κ1) is 12.4. The highest BCUT2D eigenvalue weighted by Gasteiger charge is 2.63. The molecule has 2 aliphatic carbocycles. The third kappa shape index (κ3) is 1.70. The number of hydrogen-bond acceptors (Lipinski definition) is 2. The molecule has 1 unspecified atom stereocenters. The molecule has 0 heterocycles. The van der Waals surface area contributed by atoms with Crippen molar-refractivity contribution in [2.45, 2.75) is 65.4 Å². The van der Waals surface area contributed by atoms with E-state index < -0.39 is 5.60 Å². The Balaban J connectivity index is 2.18. The van der Waals surface area contributed by atoms with E-state index in [2.05, 4.69) is 27.7 Å². The van der Waals surface area contributed by atoms with Gasteiger partial charge in [0.15, 0.2) is 0 Å². The largest absolute Gasteiger partial charge is 0.396 e. The highest BCUT2D eigenvalue weighted by molar-refractivity contribution is 5.13. The molecule has 2 N–H and O–H groups in total. The van der Waals surface area contributed by atoms with Crippen LogP contribution >= 0.6 is 0 Å². The minimum absolute atomic E-state index is 0.142. The topological polar surface area (TPSA) is 40.5 Å². The molecule has 0 amide bonds. The molecule has 0 bridgehead atoms. The van der Waals surface area contributed by atoms with Gasteiger partial charge in [0.25, 0.3) is 0 Å². The first-order chi connectivity index (χ1) is 7.14. The lowest BCUT2D eigenvalue weighted by atomic mass is 9.48. The molecular formula is C14H26O2. The number of hydrogen-bond donors (Lipinski definition) is 2. The molecule has 16 heavy (non-hydrogen) atoms. The summed E-state index contributed by atoms with van der Waals surface area (Å²) in [6, 6.07) is 0. The highest BCUT2D eigenvalue weighted by atomic mass is 16.3. The zero-order valence-corrected chi connectivity index (χ0v) is 11.1. The fraction of sp³-hybridized carbons (Fsp3) is 1.00. The van der Waals surface area contributed by atoms with Crippen molar-refractivity contribution < 1.29 is 10.2 Å². The van der Waals surface area contributed by atoms with Crippen LogP contribution in [0.25, 0.3) is 0 Å². The molecular weight excluding hydrogens is 200 g/mol. The molecule has 0 aromatic carbocycles. The van der Waals surface area contributed by atoms with Gasteiger partial charge in [0.1, 0.15) is 0 Å². The molecule has 0 aromatic rings. The summed E-state index contributed by atoms with van der Waals surface area (Å²) in [5.41, 5.74) is -0.313. The van der Waals surface area contributed by atoms with Crippen molar-refractivity contribution in [2.75, 3.05) is 6.61 Å². The summed E-state index contributed by atoms with van der Waals surface area (Å²) in [5, 5.41) is 20.6. The third-order valence-electron chi connectivity index (χ3n) is 4.91. The lowest BCUT2D eigenvalue weighted by Crippen LogP contribution is -2.59. The van der Waals surface area contributed by atoms with Crippen LogP contribution in [0.5, 0.6) is 0 Å². The fourth-order valence-electron chi connectivity index (χ4n) is 4.33. The maximum Gasteiger partial charge on any atom is 0.0731 e. The smallest absolute Gasteiger partial charge is 0.0731 e. The molecule has 0 aromatic heterocycles. The van der Waals surface area contributed by atoms with Crippen LogP contribution in [0.15, 0.2) is 0 Å². The molecule has 94 valence electrons. The highest BCUT2D eigenvalue weighted by Crippen LogP contribution is 2.64. The van der Waals surface area contributed by atoms with Crippen molar-refractivity contribution in [3.8, 4) is 0 Å². The summed E-state index contributed by atoms with van der Waals surface area (Å²) in [6.07, 6.45) is 4.70. The first-order valence-electron chi connectivity index (χ1n) is 6.47. The number of aliphatic hydroxyl groups excluding tert-OH is 1. The van der Waals surface area contributed by atoms with Crippen LogP contribution in [0.1, 0.15) is 59.8 Å². The van der Waals surface area contributed by atoms with Crippen LogP contribution in [-0.2, 0) is 0 Å². The van der Waals surface area contributed by atoms with Crippen LogP contribution in [0.4, 0.5) is 0 Å². The van der Waals surface area contributed by atoms with E-state index >= 15 is 0 Å². The second kappa shape index (κ2) is 3.23. The minimum atomic E-state index is -0.624. The zero-order valence-electron chi connectivity index (χ0n) is 11.1. The Hall–Kier alpha value is -0.0800. The third-order valence-corrected chi connectivity index (χ3v) is 4.91. The molecule has 2 saturated carbocycles. The molecule has 0 saturated heterocycles. The maximum absolute atomic E-state index is 10.9. The first-order valence-corrected chi connectivity index (χ1v) is 6.47. The van der Waals surface area contributed by atoms with Gasteiger partial charge >= 0.3 is 0 Å². The molecule has 0 aliphatic heterocycles. The number of aliphatic hydroxyl groups is 2. The van der Waals surface area contributed by atoms with Crippen LogP contribution in [-0.4, -0.2) is 22.4 Å². The van der Waals surface area contributed by atoms with E-state index in [1.807, 2.05) is 0 Å². The van der Waals surface area contributed by atoms with Crippen molar-refractivity contribution >= 4 is 0 Å². The van der Waals surface area contributed by atoms with Gasteiger partial charge in [-0.2, -0.15) is 0 Å². The van der Waals surface area contributed by atoms with Gasteiger partial charge in [0, 0.05) is 5.41 Å². The van der Waals surface area contributed by atoms with Crippen LogP contribution in [0.3, 0.4) is 0 Å². The van der Waals surface area contributed by atoms with E-state index in [0.29, 0.717) is 5.41 Å². The summed E-state index contributed by atoms with van der Waals surface area (Å²) >= 11 is 0. The summed E-state index contributed by atoms with van der Waals surface area (Å²) in [7, 11) is 0. The Labute approximate surface area is 99.1 Å². The van der Waals surface area contributed by atoms with Gasteiger partial charge in [0.2, 0.25) is 0 Å². The Morgan fingerprint density at radius 2 is 1.44 bits per heavy atom. The van der Waals surface area contributed by atoms with Crippen LogP contribution < -0.4 is 0 Å². The number of rotatable bonds is 2.